The van der Waals surface area contributed by atoms with Crippen molar-refractivity contribution in [1.82, 2.24) is 20.2 Å². The van der Waals surface area contributed by atoms with Crippen molar-refractivity contribution >= 4 is 29.6 Å². The Labute approximate surface area is 208 Å². The molecule has 1 aromatic heterocycles. The van der Waals surface area contributed by atoms with Gasteiger partial charge in [0.05, 0.1) is 36.0 Å². The van der Waals surface area contributed by atoms with Gasteiger partial charge in [-0.1, -0.05) is 48.2 Å². The van der Waals surface area contributed by atoms with E-state index in [1.165, 1.54) is 23.0 Å². The summed E-state index contributed by atoms with van der Waals surface area (Å²) in [4.78, 5) is 13.2. The van der Waals surface area contributed by atoms with Gasteiger partial charge >= 0.3 is 6.18 Å². The van der Waals surface area contributed by atoms with Crippen LogP contribution in [0.3, 0.4) is 0 Å². The Kier molecular flexibility index (Phi) is 7.64. The minimum absolute atomic E-state index is 0.0163. The fourth-order valence-corrected chi connectivity index (χ4v) is 3.83. The summed E-state index contributed by atoms with van der Waals surface area (Å²) in [6.45, 7) is 0. The molecule has 0 aliphatic heterocycles. The number of aromatic nitrogens is 4. The molecule has 3 aromatic carbocycles. The summed E-state index contributed by atoms with van der Waals surface area (Å²) in [5.41, 5.74) is 0.423. The van der Waals surface area contributed by atoms with Crippen LogP contribution in [0.5, 0.6) is 5.75 Å². The number of thioether (sulfide) groups is 1. The molecule has 1 heterocycles. The lowest BCUT2D eigenvalue weighted by molar-refractivity contribution is -0.137. The second-order valence-electron chi connectivity index (χ2n) is 7.27. The van der Waals surface area contributed by atoms with Crippen LogP contribution < -0.4 is 9.75 Å². The summed E-state index contributed by atoms with van der Waals surface area (Å²) >= 11 is 1.03. The van der Waals surface area contributed by atoms with Gasteiger partial charge in [0.1, 0.15) is 5.75 Å². The number of rotatable bonds is 8. The number of benzene rings is 3. The van der Waals surface area contributed by atoms with Gasteiger partial charge in [0.2, 0.25) is 5.16 Å². The average molecular weight is 513 g/mol. The molecule has 0 aliphatic rings. The first-order chi connectivity index (χ1) is 17.3. The molecule has 0 atom stereocenters. The van der Waals surface area contributed by atoms with E-state index in [2.05, 4.69) is 20.6 Å². The van der Waals surface area contributed by atoms with Gasteiger partial charge in [-0.3, -0.25) is 4.79 Å². The topological polar surface area (TPSA) is 85.5 Å². The van der Waals surface area contributed by atoms with Gasteiger partial charge in [-0.15, -0.1) is 5.10 Å². The van der Waals surface area contributed by atoms with E-state index in [9.17, 15) is 18.0 Å². The van der Waals surface area contributed by atoms with Gasteiger partial charge < -0.3 is 4.74 Å². The van der Waals surface area contributed by atoms with Crippen molar-refractivity contribution < 1.29 is 22.7 Å². The highest BCUT2D eigenvalue weighted by atomic mass is 32.2. The van der Waals surface area contributed by atoms with E-state index < -0.39 is 17.6 Å². The number of methoxy groups -OCH3 is 1. The van der Waals surface area contributed by atoms with Crippen molar-refractivity contribution in [3.63, 3.8) is 0 Å². The van der Waals surface area contributed by atoms with E-state index in [1.807, 2.05) is 6.07 Å². The number of tetrazole rings is 1. The number of hydrogen-bond donors (Lipinski definition) is 0. The highest BCUT2D eigenvalue weighted by Gasteiger charge is 2.31. The third kappa shape index (κ3) is 6.08. The number of carbonyl (C=O) groups excluding carboxylic acids is 1. The van der Waals surface area contributed by atoms with Gasteiger partial charge in [0, 0.05) is 0 Å². The quantitative estimate of drug-likeness (QED) is 0.191. The first-order valence-electron chi connectivity index (χ1n) is 10.5. The van der Waals surface area contributed by atoms with Gasteiger partial charge in [0.25, 0.3) is 5.91 Å². The molecule has 12 heteroatoms. The van der Waals surface area contributed by atoms with E-state index in [0.717, 1.165) is 28.9 Å². The summed E-state index contributed by atoms with van der Waals surface area (Å²) in [7, 11) is 1.55. The van der Waals surface area contributed by atoms with Crippen molar-refractivity contribution in [2.45, 2.75) is 11.3 Å². The lowest BCUT2D eigenvalue weighted by atomic mass is 10.2. The van der Waals surface area contributed by atoms with Crippen LogP contribution in [0.15, 0.2) is 89.1 Å². The van der Waals surface area contributed by atoms with Crippen molar-refractivity contribution in [2.75, 3.05) is 17.9 Å². The Hall–Kier alpha value is -4.19. The Morgan fingerprint density at radius 3 is 2.53 bits per heavy atom. The molecule has 0 spiro atoms. The standard InChI is InChI=1S/C24H19F3N6O2S/c1-35-21-12-10-19(11-13-21)33-23(29-30-31-33)36-16-22(34)32(28-15-17-6-3-2-4-7-17)20-9-5-8-18(14-20)24(25,26)27/h2-15H,16H2,1H3/b28-15-. The van der Waals surface area contributed by atoms with Crippen molar-refractivity contribution in [3.8, 4) is 11.4 Å². The number of alkyl halides is 3. The third-order valence-corrected chi connectivity index (χ3v) is 5.76. The Bertz CT molecular complexity index is 1340. The number of carbonyl (C=O) groups is 1. The summed E-state index contributed by atoms with van der Waals surface area (Å²) < 4.78 is 46.5. The van der Waals surface area contributed by atoms with Crippen LogP contribution in [0.1, 0.15) is 11.1 Å². The molecule has 0 aliphatic carbocycles. The Morgan fingerprint density at radius 2 is 1.83 bits per heavy atom. The molecular weight excluding hydrogens is 493 g/mol. The van der Waals surface area contributed by atoms with Gasteiger partial charge in [-0.25, -0.2) is 5.01 Å². The summed E-state index contributed by atoms with van der Waals surface area (Å²) in [5.74, 6) is -0.0844. The second-order valence-corrected chi connectivity index (χ2v) is 8.21. The number of ether oxygens (including phenoxy) is 1. The van der Waals surface area contributed by atoms with E-state index >= 15 is 0 Å². The fraction of sp³-hybridized carbons (Fsp3) is 0.125. The number of amides is 1. The lowest BCUT2D eigenvalue weighted by Gasteiger charge is -2.18. The van der Waals surface area contributed by atoms with Gasteiger partial charge in [-0.2, -0.15) is 23.0 Å². The van der Waals surface area contributed by atoms with E-state index in [1.54, 1.807) is 55.6 Å². The molecule has 0 fully saturated rings. The molecule has 0 N–H and O–H groups in total. The number of nitrogens with zero attached hydrogens (tertiary/aromatic N) is 6. The monoisotopic (exact) mass is 512 g/mol. The molecule has 0 radical (unpaired) electrons. The largest absolute Gasteiger partial charge is 0.497 e. The predicted molar refractivity (Wildman–Crippen MR) is 129 cm³/mol. The maximum atomic E-state index is 13.3. The van der Waals surface area contributed by atoms with E-state index in [-0.39, 0.29) is 11.4 Å². The lowest BCUT2D eigenvalue weighted by Crippen LogP contribution is -2.28. The normalized spacial score (nSPS) is 11.6. The molecule has 184 valence electrons. The minimum atomic E-state index is -4.57. The Morgan fingerprint density at radius 1 is 1.08 bits per heavy atom. The van der Waals surface area contributed by atoms with Crippen molar-refractivity contribution in [1.29, 1.82) is 0 Å². The molecule has 8 nitrogen and oxygen atoms in total. The molecule has 1 amide bonds. The predicted octanol–water partition coefficient (Wildman–Crippen LogP) is 4.85. The molecule has 4 rings (SSSR count). The molecule has 36 heavy (non-hydrogen) atoms. The summed E-state index contributed by atoms with van der Waals surface area (Å²) in [6.07, 6.45) is -3.16. The van der Waals surface area contributed by atoms with Crippen molar-refractivity contribution in [2.24, 2.45) is 5.10 Å². The molecule has 0 saturated heterocycles. The van der Waals surface area contributed by atoms with Crippen LogP contribution in [0, 0.1) is 0 Å². The van der Waals surface area contributed by atoms with Crippen LogP contribution >= 0.6 is 11.8 Å². The third-order valence-electron chi connectivity index (χ3n) is 4.86. The number of anilines is 1. The first kappa shape index (κ1) is 24.9. The second kappa shape index (κ2) is 11.0. The Balaban J connectivity index is 1.57. The van der Waals surface area contributed by atoms with Crippen LogP contribution in [-0.2, 0) is 11.0 Å². The molecular formula is C24H19F3N6O2S. The number of hydrazone groups is 1. The SMILES string of the molecule is COc1ccc(-n2nnnc2SCC(=O)N(/N=C\c2ccccc2)c2cccc(C(F)(F)F)c2)cc1. The zero-order chi connectivity index (χ0) is 25.5. The molecule has 0 saturated carbocycles. The van der Waals surface area contributed by atoms with Gasteiger partial charge in [-0.05, 0) is 58.5 Å². The molecule has 0 unspecified atom stereocenters. The molecule has 0 bridgehead atoms. The van der Waals surface area contributed by atoms with E-state index in [4.69, 9.17) is 4.74 Å². The zero-order valence-electron chi connectivity index (χ0n) is 18.8. The van der Waals surface area contributed by atoms with Gasteiger partial charge in [0.15, 0.2) is 0 Å². The van der Waals surface area contributed by atoms with Crippen LogP contribution in [0.4, 0.5) is 18.9 Å². The highest BCUT2D eigenvalue weighted by Crippen LogP contribution is 2.32. The smallest absolute Gasteiger partial charge is 0.416 e. The van der Waals surface area contributed by atoms with Crippen LogP contribution in [0.25, 0.3) is 5.69 Å². The number of hydrogen-bond acceptors (Lipinski definition) is 7. The minimum Gasteiger partial charge on any atom is -0.497 e. The van der Waals surface area contributed by atoms with Crippen LogP contribution in [-0.4, -0.2) is 45.2 Å². The maximum absolute atomic E-state index is 13.3. The molecule has 4 aromatic rings. The number of halogens is 3. The van der Waals surface area contributed by atoms with Crippen LogP contribution in [0.2, 0.25) is 0 Å². The van der Waals surface area contributed by atoms with E-state index in [0.29, 0.717) is 22.2 Å². The first-order valence-corrected chi connectivity index (χ1v) is 11.5. The fourth-order valence-electron chi connectivity index (χ4n) is 3.09. The highest BCUT2D eigenvalue weighted by molar-refractivity contribution is 7.99. The zero-order valence-corrected chi connectivity index (χ0v) is 19.6. The maximum Gasteiger partial charge on any atom is 0.416 e. The summed E-state index contributed by atoms with van der Waals surface area (Å²) in [6, 6.07) is 20.3. The summed E-state index contributed by atoms with van der Waals surface area (Å²) in [5, 5.41) is 17.0. The average Bonchev–Trinajstić information content (AvgIpc) is 3.36. The van der Waals surface area contributed by atoms with Crippen molar-refractivity contribution in [3.05, 3.63) is 90.0 Å².